The average molecular weight is 202 g/mol. The average Bonchev–Trinajstić information content (AvgIpc) is 2.19. The minimum atomic E-state index is -0.637. The SMILES string of the molecule is CC(C)(C)C1=CC(C(C#N)C#N)C=CO1. The normalized spacial score (nSPS) is 20.1. The van der Waals surface area contributed by atoms with Crippen LogP contribution in [0.4, 0.5) is 0 Å². The van der Waals surface area contributed by atoms with Crippen LogP contribution in [-0.4, -0.2) is 0 Å². The summed E-state index contributed by atoms with van der Waals surface area (Å²) in [6.45, 7) is 6.09. The molecule has 0 spiro atoms. The summed E-state index contributed by atoms with van der Waals surface area (Å²) in [5.41, 5.74) is -0.0987. The second-order valence-electron chi connectivity index (χ2n) is 4.54. The lowest BCUT2D eigenvalue weighted by molar-refractivity contribution is 0.232. The molecule has 0 fully saturated rings. The minimum Gasteiger partial charge on any atom is -0.469 e. The molecular formula is C12H14N2O. The molecule has 15 heavy (non-hydrogen) atoms. The van der Waals surface area contributed by atoms with Crippen LogP contribution >= 0.6 is 0 Å². The molecule has 0 amide bonds. The minimum absolute atomic E-state index is 0.0987. The largest absolute Gasteiger partial charge is 0.469 e. The standard InChI is InChI=1S/C12H14N2O/c1-12(2,3)11-6-9(4-5-15-11)10(7-13)8-14/h4-6,9-10H,1-3H3. The zero-order valence-electron chi connectivity index (χ0n) is 9.19. The van der Waals surface area contributed by atoms with Gasteiger partial charge in [-0.25, -0.2) is 0 Å². The third-order valence-electron chi connectivity index (χ3n) is 2.24. The van der Waals surface area contributed by atoms with Gasteiger partial charge in [0.25, 0.3) is 0 Å². The number of allylic oxidation sites excluding steroid dienone is 3. The molecule has 3 nitrogen and oxygen atoms in total. The van der Waals surface area contributed by atoms with E-state index in [0.717, 1.165) is 5.76 Å². The monoisotopic (exact) mass is 202 g/mol. The van der Waals surface area contributed by atoms with Crippen molar-refractivity contribution in [3.63, 3.8) is 0 Å². The third-order valence-corrected chi connectivity index (χ3v) is 2.24. The molecule has 1 heterocycles. The van der Waals surface area contributed by atoms with Crippen molar-refractivity contribution in [3.05, 3.63) is 24.2 Å². The predicted octanol–water partition coefficient (Wildman–Crippen LogP) is 2.74. The molecule has 1 aliphatic rings. The van der Waals surface area contributed by atoms with Gasteiger partial charge in [0.1, 0.15) is 11.7 Å². The lowest BCUT2D eigenvalue weighted by atomic mass is 9.86. The van der Waals surface area contributed by atoms with Crippen LogP contribution in [-0.2, 0) is 4.74 Å². The number of hydrogen-bond donors (Lipinski definition) is 0. The van der Waals surface area contributed by atoms with E-state index in [-0.39, 0.29) is 11.3 Å². The first-order chi connectivity index (χ1) is 6.99. The van der Waals surface area contributed by atoms with E-state index in [9.17, 15) is 0 Å². The van der Waals surface area contributed by atoms with Gasteiger partial charge in [-0.05, 0) is 12.2 Å². The van der Waals surface area contributed by atoms with E-state index in [4.69, 9.17) is 15.3 Å². The highest BCUT2D eigenvalue weighted by Gasteiger charge is 2.25. The number of nitrogens with zero attached hydrogens (tertiary/aromatic N) is 2. The summed E-state index contributed by atoms with van der Waals surface area (Å²) in [5.74, 6) is 0.0102. The molecule has 0 aliphatic carbocycles. The van der Waals surface area contributed by atoms with Gasteiger partial charge in [-0.2, -0.15) is 10.5 Å². The van der Waals surface area contributed by atoms with Crippen molar-refractivity contribution in [1.29, 1.82) is 10.5 Å². The topological polar surface area (TPSA) is 56.8 Å². The first kappa shape index (κ1) is 11.3. The van der Waals surface area contributed by atoms with Gasteiger partial charge in [0.05, 0.1) is 18.4 Å². The molecule has 1 unspecified atom stereocenters. The van der Waals surface area contributed by atoms with E-state index in [1.807, 2.05) is 39.0 Å². The molecule has 78 valence electrons. The molecular weight excluding hydrogens is 188 g/mol. The van der Waals surface area contributed by atoms with Crippen molar-refractivity contribution in [3.8, 4) is 12.1 Å². The lowest BCUT2D eigenvalue weighted by Crippen LogP contribution is -2.17. The van der Waals surface area contributed by atoms with E-state index in [1.54, 1.807) is 12.3 Å². The van der Waals surface area contributed by atoms with Crippen LogP contribution in [0.1, 0.15) is 20.8 Å². The van der Waals surface area contributed by atoms with Crippen LogP contribution in [0.2, 0.25) is 0 Å². The summed E-state index contributed by atoms with van der Waals surface area (Å²) in [7, 11) is 0. The molecule has 0 N–H and O–H groups in total. The maximum atomic E-state index is 8.79. The highest BCUT2D eigenvalue weighted by Crippen LogP contribution is 2.32. The van der Waals surface area contributed by atoms with Crippen molar-refractivity contribution in [2.24, 2.45) is 17.3 Å². The maximum Gasteiger partial charge on any atom is 0.143 e. The van der Waals surface area contributed by atoms with E-state index < -0.39 is 5.92 Å². The Hall–Kier alpha value is -1.74. The van der Waals surface area contributed by atoms with Gasteiger partial charge in [0.15, 0.2) is 0 Å². The van der Waals surface area contributed by atoms with Gasteiger partial charge in [0.2, 0.25) is 0 Å². The fraction of sp³-hybridized carbons (Fsp3) is 0.500. The molecule has 0 saturated heterocycles. The molecule has 0 aromatic heterocycles. The summed E-state index contributed by atoms with van der Waals surface area (Å²) >= 11 is 0. The Morgan fingerprint density at radius 3 is 2.40 bits per heavy atom. The van der Waals surface area contributed by atoms with Gasteiger partial charge in [-0.3, -0.25) is 0 Å². The Kier molecular flexibility index (Phi) is 3.17. The lowest BCUT2D eigenvalue weighted by Gasteiger charge is -2.26. The third kappa shape index (κ3) is 2.60. The summed E-state index contributed by atoms with van der Waals surface area (Å²) in [6.07, 6.45) is 5.16. The summed E-state index contributed by atoms with van der Waals surface area (Å²) in [4.78, 5) is 0. The fourth-order valence-corrected chi connectivity index (χ4v) is 1.31. The van der Waals surface area contributed by atoms with Crippen molar-refractivity contribution in [1.82, 2.24) is 0 Å². The van der Waals surface area contributed by atoms with E-state index in [1.165, 1.54) is 0 Å². The Labute approximate surface area is 90.3 Å². The molecule has 0 aromatic carbocycles. The van der Waals surface area contributed by atoms with Crippen molar-refractivity contribution in [2.75, 3.05) is 0 Å². The van der Waals surface area contributed by atoms with Crippen molar-refractivity contribution < 1.29 is 4.74 Å². The zero-order chi connectivity index (χ0) is 11.5. The smallest absolute Gasteiger partial charge is 0.143 e. The van der Waals surface area contributed by atoms with Crippen LogP contribution in [0.3, 0.4) is 0 Å². The van der Waals surface area contributed by atoms with Crippen molar-refractivity contribution >= 4 is 0 Å². The Bertz CT molecular complexity index is 360. The van der Waals surface area contributed by atoms with E-state index in [0.29, 0.717) is 0 Å². The quantitative estimate of drug-likeness (QED) is 0.656. The maximum absolute atomic E-state index is 8.79. The van der Waals surface area contributed by atoms with Crippen LogP contribution in [0.25, 0.3) is 0 Å². The Balaban J connectivity index is 2.92. The summed E-state index contributed by atoms with van der Waals surface area (Å²) in [6, 6.07) is 3.96. The first-order valence-corrected chi connectivity index (χ1v) is 4.84. The van der Waals surface area contributed by atoms with Crippen LogP contribution in [0.5, 0.6) is 0 Å². The van der Waals surface area contributed by atoms with E-state index >= 15 is 0 Å². The molecule has 0 aromatic rings. The molecule has 3 heteroatoms. The number of nitriles is 2. The fourth-order valence-electron chi connectivity index (χ4n) is 1.31. The van der Waals surface area contributed by atoms with Gasteiger partial charge >= 0.3 is 0 Å². The van der Waals surface area contributed by atoms with Gasteiger partial charge in [0, 0.05) is 11.3 Å². The van der Waals surface area contributed by atoms with Crippen LogP contribution < -0.4 is 0 Å². The number of ether oxygens (including phenoxy) is 1. The molecule has 1 aliphatic heterocycles. The predicted molar refractivity (Wildman–Crippen MR) is 56.0 cm³/mol. The zero-order valence-corrected chi connectivity index (χ0v) is 9.19. The molecule has 0 bridgehead atoms. The van der Waals surface area contributed by atoms with Gasteiger partial charge < -0.3 is 4.74 Å². The van der Waals surface area contributed by atoms with Gasteiger partial charge in [-0.1, -0.05) is 20.8 Å². The van der Waals surface area contributed by atoms with E-state index in [2.05, 4.69) is 0 Å². The summed E-state index contributed by atoms with van der Waals surface area (Å²) < 4.78 is 5.37. The number of rotatable bonds is 1. The molecule has 1 rings (SSSR count). The summed E-state index contributed by atoms with van der Waals surface area (Å²) in [5, 5.41) is 17.6. The molecule has 1 atom stereocenters. The van der Waals surface area contributed by atoms with Crippen LogP contribution in [0, 0.1) is 39.9 Å². The second kappa shape index (κ2) is 4.19. The molecule has 0 radical (unpaired) electrons. The highest BCUT2D eigenvalue weighted by atomic mass is 16.5. The second-order valence-corrected chi connectivity index (χ2v) is 4.54. The van der Waals surface area contributed by atoms with Crippen molar-refractivity contribution in [2.45, 2.75) is 20.8 Å². The van der Waals surface area contributed by atoms with Gasteiger partial charge in [-0.15, -0.1) is 0 Å². The number of hydrogen-bond acceptors (Lipinski definition) is 3. The highest BCUT2D eigenvalue weighted by molar-refractivity contribution is 5.21. The Morgan fingerprint density at radius 2 is 1.93 bits per heavy atom. The Morgan fingerprint density at radius 1 is 1.33 bits per heavy atom. The molecule has 0 saturated carbocycles. The first-order valence-electron chi connectivity index (χ1n) is 4.84. The van der Waals surface area contributed by atoms with Crippen LogP contribution in [0.15, 0.2) is 24.2 Å².